The summed E-state index contributed by atoms with van der Waals surface area (Å²) in [6, 6.07) is 9.32. The fourth-order valence-corrected chi connectivity index (χ4v) is 4.06. The molecule has 0 amide bonds. The van der Waals surface area contributed by atoms with Gasteiger partial charge in [-0.25, -0.2) is 8.42 Å². The number of benzene rings is 1. The lowest BCUT2D eigenvalue weighted by atomic mass is 10.2. The Morgan fingerprint density at radius 3 is 2.52 bits per heavy atom. The van der Waals surface area contributed by atoms with Crippen molar-refractivity contribution in [2.45, 2.75) is 13.0 Å². The highest BCUT2D eigenvalue weighted by Crippen LogP contribution is 2.31. The van der Waals surface area contributed by atoms with Gasteiger partial charge in [-0.05, 0) is 53.2 Å². The lowest BCUT2D eigenvalue weighted by Crippen LogP contribution is -2.10. The zero-order chi connectivity index (χ0) is 15.6. The first-order valence-corrected chi connectivity index (χ1v) is 9.91. The van der Waals surface area contributed by atoms with Crippen LogP contribution < -0.4 is 10.0 Å². The van der Waals surface area contributed by atoms with Crippen molar-refractivity contribution in [1.82, 2.24) is 0 Å². The van der Waals surface area contributed by atoms with E-state index >= 15 is 0 Å². The SMILES string of the molecule is CC(Nc1ccc(NS(C)(=O)=O)c(Cl)c1)c1ccc(Br)s1. The van der Waals surface area contributed by atoms with E-state index in [9.17, 15) is 8.42 Å². The number of sulfonamides is 1. The highest BCUT2D eigenvalue weighted by atomic mass is 79.9. The molecule has 8 heteroatoms. The van der Waals surface area contributed by atoms with Crippen molar-refractivity contribution < 1.29 is 8.42 Å². The number of halogens is 2. The zero-order valence-corrected chi connectivity index (χ0v) is 15.3. The van der Waals surface area contributed by atoms with E-state index in [1.807, 2.05) is 12.1 Å². The maximum Gasteiger partial charge on any atom is 0.229 e. The molecule has 2 aromatic rings. The van der Waals surface area contributed by atoms with Crippen LogP contribution in [0.15, 0.2) is 34.1 Å². The van der Waals surface area contributed by atoms with Gasteiger partial charge in [-0.3, -0.25) is 4.72 Å². The maximum absolute atomic E-state index is 11.2. The van der Waals surface area contributed by atoms with Crippen molar-refractivity contribution in [1.29, 1.82) is 0 Å². The molecule has 1 aromatic carbocycles. The number of rotatable bonds is 5. The molecule has 0 aliphatic heterocycles. The number of hydrogen-bond donors (Lipinski definition) is 2. The van der Waals surface area contributed by atoms with Crippen LogP contribution in [-0.4, -0.2) is 14.7 Å². The van der Waals surface area contributed by atoms with E-state index in [1.54, 1.807) is 29.5 Å². The summed E-state index contributed by atoms with van der Waals surface area (Å²) in [6.07, 6.45) is 1.09. The number of anilines is 2. The van der Waals surface area contributed by atoms with Crippen LogP contribution >= 0.6 is 38.9 Å². The van der Waals surface area contributed by atoms with Crippen LogP contribution in [0.25, 0.3) is 0 Å². The van der Waals surface area contributed by atoms with Crippen molar-refractivity contribution in [2.75, 3.05) is 16.3 Å². The molecule has 0 aliphatic carbocycles. The summed E-state index contributed by atoms with van der Waals surface area (Å²) in [5.41, 5.74) is 1.20. The molecule has 1 atom stereocenters. The minimum absolute atomic E-state index is 0.131. The second kappa shape index (κ2) is 6.56. The van der Waals surface area contributed by atoms with E-state index in [0.29, 0.717) is 10.7 Å². The Kier molecular flexibility index (Phi) is 5.19. The number of hydrogen-bond acceptors (Lipinski definition) is 4. The predicted molar refractivity (Wildman–Crippen MR) is 94.0 cm³/mol. The molecule has 1 heterocycles. The second-order valence-corrected chi connectivity index (χ2v) is 9.23. The fourth-order valence-electron chi connectivity index (χ4n) is 1.77. The Labute approximate surface area is 141 Å². The molecule has 2 rings (SSSR count). The molecular formula is C13H14BrClN2O2S2. The van der Waals surface area contributed by atoms with E-state index in [-0.39, 0.29) is 6.04 Å². The smallest absolute Gasteiger partial charge is 0.229 e. The van der Waals surface area contributed by atoms with Crippen molar-refractivity contribution in [3.05, 3.63) is 44.0 Å². The first-order valence-electron chi connectivity index (χ1n) is 6.04. The summed E-state index contributed by atoms with van der Waals surface area (Å²) in [5.74, 6) is 0. The standard InChI is InChI=1S/C13H14BrClN2O2S2/c1-8(12-5-6-13(14)20-12)16-9-3-4-11(10(15)7-9)17-21(2,18)19/h3-8,16-17H,1-2H3. The van der Waals surface area contributed by atoms with Crippen LogP contribution in [0.4, 0.5) is 11.4 Å². The molecule has 1 aromatic heterocycles. The monoisotopic (exact) mass is 408 g/mol. The summed E-state index contributed by atoms with van der Waals surface area (Å²) in [6.45, 7) is 2.05. The van der Waals surface area contributed by atoms with Gasteiger partial charge in [0.05, 0.1) is 26.8 Å². The summed E-state index contributed by atoms with van der Waals surface area (Å²) < 4.78 is 25.9. The minimum Gasteiger partial charge on any atom is -0.378 e. The molecule has 1 unspecified atom stereocenters. The summed E-state index contributed by atoms with van der Waals surface area (Å²) in [7, 11) is -3.33. The van der Waals surface area contributed by atoms with E-state index < -0.39 is 10.0 Å². The maximum atomic E-state index is 11.2. The summed E-state index contributed by atoms with van der Waals surface area (Å²) >= 11 is 11.2. The normalized spacial score (nSPS) is 13.0. The Bertz CT molecular complexity index is 746. The molecule has 0 saturated heterocycles. The van der Waals surface area contributed by atoms with E-state index in [1.165, 1.54) is 4.88 Å². The average molecular weight is 410 g/mol. The lowest BCUT2D eigenvalue weighted by molar-refractivity contribution is 0.607. The third-order valence-corrected chi connectivity index (χ3v) is 5.38. The average Bonchev–Trinajstić information content (AvgIpc) is 2.78. The molecule has 114 valence electrons. The topological polar surface area (TPSA) is 58.2 Å². The Morgan fingerprint density at radius 2 is 2.00 bits per heavy atom. The second-order valence-electron chi connectivity index (χ2n) is 4.58. The van der Waals surface area contributed by atoms with E-state index in [0.717, 1.165) is 15.7 Å². The van der Waals surface area contributed by atoms with Gasteiger partial charge in [0.15, 0.2) is 0 Å². The molecule has 0 fully saturated rings. The first-order chi connectivity index (χ1) is 9.74. The molecule has 0 spiro atoms. The third-order valence-electron chi connectivity index (χ3n) is 2.67. The lowest BCUT2D eigenvalue weighted by Gasteiger charge is -2.15. The van der Waals surface area contributed by atoms with Crippen LogP contribution in [0.1, 0.15) is 17.8 Å². The van der Waals surface area contributed by atoms with Crippen molar-refractivity contribution >= 4 is 60.3 Å². The molecular weight excluding hydrogens is 396 g/mol. The quantitative estimate of drug-likeness (QED) is 0.752. The first kappa shape index (κ1) is 16.6. The third kappa shape index (κ3) is 4.88. The van der Waals surface area contributed by atoms with Gasteiger partial charge in [-0.15, -0.1) is 11.3 Å². The van der Waals surface area contributed by atoms with Crippen molar-refractivity contribution in [3.8, 4) is 0 Å². The molecule has 0 bridgehead atoms. The van der Waals surface area contributed by atoms with Gasteiger partial charge in [0.2, 0.25) is 10.0 Å². The minimum atomic E-state index is -3.33. The van der Waals surface area contributed by atoms with Gasteiger partial charge in [0.25, 0.3) is 0 Å². The van der Waals surface area contributed by atoms with Gasteiger partial charge in [-0.2, -0.15) is 0 Å². The number of nitrogens with one attached hydrogen (secondary N) is 2. The largest absolute Gasteiger partial charge is 0.378 e. The molecule has 21 heavy (non-hydrogen) atoms. The predicted octanol–water partition coefficient (Wildman–Crippen LogP) is 4.71. The molecule has 0 radical (unpaired) electrons. The highest BCUT2D eigenvalue weighted by molar-refractivity contribution is 9.11. The van der Waals surface area contributed by atoms with Crippen LogP contribution in [-0.2, 0) is 10.0 Å². The van der Waals surface area contributed by atoms with Gasteiger partial charge in [-0.1, -0.05) is 11.6 Å². The Hall–Kier alpha value is -0.760. The molecule has 0 aliphatic rings. The van der Waals surface area contributed by atoms with Gasteiger partial charge in [0, 0.05) is 10.6 Å². The zero-order valence-electron chi connectivity index (χ0n) is 11.4. The van der Waals surface area contributed by atoms with E-state index in [2.05, 4.69) is 32.9 Å². The van der Waals surface area contributed by atoms with Crippen LogP contribution in [0.3, 0.4) is 0 Å². The Morgan fingerprint density at radius 1 is 1.29 bits per heavy atom. The molecule has 0 saturated carbocycles. The van der Waals surface area contributed by atoms with Gasteiger partial charge < -0.3 is 5.32 Å². The van der Waals surface area contributed by atoms with E-state index in [4.69, 9.17) is 11.6 Å². The van der Waals surface area contributed by atoms with Crippen molar-refractivity contribution in [3.63, 3.8) is 0 Å². The molecule has 4 nitrogen and oxygen atoms in total. The Balaban J connectivity index is 2.13. The number of thiophene rings is 1. The summed E-state index contributed by atoms with van der Waals surface area (Å²) in [5, 5.41) is 3.68. The van der Waals surface area contributed by atoms with Crippen LogP contribution in [0, 0.1) is 0 Å². The van der Waals surface area contributed by atoms with Crippen molar-refractivity contribution in [2.24, 2.45) is 0 Å². The van der Waals surface area contributed by atoms with Gasteiger partial charge >= 0.3 is 0 Å². The highest BCUT2D eigenvalue weighted by Gasteiger charge is 2.10. The van der Waals surface area contributed by atoms with Crippen LogP contribution in [0.2, 0.25) is 5.02 Å². The van der Waals surface area contributed by atoms with Gasteiger partial charge in [0.1, 0.15) is 0 Å². The summed E-state index contributed by atoms with van der Waals surface area (Å²) in [4.78, 5) is 1.19. The molecule has 2 N–H and O–H groups in total. The fraction of sp³-hybridized carbons (Fsp3) is 0.231. The van der Waals surface area contributed by atoms with Crippen LogP contribution in [0.5, 0.6) is 0 Å².